The van der Waals surface area contributed by atoms with Crippen molar-refractivity contribution < 1.29 is 22.7 Å². The van der Waals surface area contributed by atoms with Crippen molar-refractivity contribution in [3.8, 4) is 0 Å². The fourth-order valence-corrected chi connectivity index (χ4v) is 3.06. The maximum absolute atomic E-state index is 13.4. The molecule has 1 aromatic carbocycles. The Kier molecular flexibility index (Phi) is 5.17. The van der Waals surface area contributed by atoms with Crippen molar-refractivity contribution in [1.82, 2.24) is 14.7 Å². The molecule has 0 N–H and O–H groups in total. The van der Waals surface area contributed by atoms with Crippen LogP contribution in [0.25, 0.3) is 0 Å². The normalized spacial score (nSPS) is 14.4. The van der Waals surface area contributed by atoms with Gasteiger partial charge in [0.2, 0.25) is 0 Å². The molecule has 1 aliphatic rings. The van der Waals surface area contributed by atoms with Gasteiger partial charge in [-0.1, -0.05) is 12.1 Å². The first-order valence-electron chi connectivity index (χ1n) is 8.73. The van der Waals surface area contributed by atoms with Gasteiger partial charge in [0.05, 0.1) is 18.8 Å². The lowest BCUT2D eigenvalue weighted by Gasteiger charge is -2.30. The van der Waals surface area contributed by atoms with Crippen LogP contribution in [0, 0.1) is 5.82 Å². The Morgan fingerprint density at radius 1 is 1.26 bits per heavy atom. The van der Waals surface area contributed by atoms with Crippen molar-refractivity contribution in [1.29, 1.82) is 0 Å². The molecule has 3 rings (SSSR count). The van der Waals surface area contributed by atoms with Gasteiger partial charge in [-0.15, -0.1) is 0 Å². The maximum atomic E-state index is 13.4. The van der Waals surface area contributed by atoms with Crippen molar-refractivity contribution in [2.75, 3.05) is 6.54 Å². The van der Waals surface area contributed by atoms with E-state index in [1.807, 2.05) is 0 Å². The quantitative estimate of drug-likeness (QED) is 0.796. The van der Waals surface area contributed by atoms with E-state index in [0.29, 0.717) is 17.8 Å². The van der Waals surface area contributed by atoms with E-state index in [0.717, 1.165) is 5.56 Å². The Bertz CT molecular complexity index is 826. The predicted octanol–water partition coefficient (Wildman–Crippen LogP) is 4.30. The Balaban J connectivity index is 1.88. The highest BCUT2D eigenvalue weighted by Crippen LogP contribution is 2.30. The Labute approximate surface area is 155 Å². The average Bonchev–Trinajstić information content (AvgIpc) is 2.93. The lowest BCUT2D eigenvalue weighted by molar-refractivity contribution is 0.0218. The SMILES string of the molecule is CC(C)(C)OC(=O)N1CCc2c(C(F)F)nn(Cc3ccc(F)cc3)c2C1. The number of nitrogens with zero attached hydrogens (tertiary/aromatic N) is 3. The molecule has 27 heavy (non-hydrogen) atoms. The standard InChI is InChI=1S/C19H22F3N3O2/c1-19(2,3)27-18(26)24-9-8-14-15(11-24)25(23-16(14)17(21)22)10-12-4-6-13(20)7-5-12/h4-7,17H,8-11H2,1-3H3. The van der Waals surface area contributed by atoms with Crippen LogP contribution < -0.4 is 0 Å². The molecule has 1 aromatic heterocycles. The van der Waals surface area contributed by atoms with Gasteiger partial charge < -0.3 is 9.64 Å². The molecule has 0 fully saturated rings. The van der Waals surface area contributed by atoms with Gasteiger partial charge in [-0.2, -0.15) is 5.10 Å². The molecule has 8 heteroatoms. The zero-order chi connectivity index (χ0) is 19.8. The van der Waals surface area contributed by atoms with Crippen LogP contribution in [-0.4, -0.2) is 32.9 Å². The molecule has 0 atom stereocenters. The first-order valence-corrected chi connectivity index (χ1v) is 8.73. The molecule has 0 aliphatic carbocycles. The Morgan fingerprint density at radius 2 is 1.93 bits per heavy atom. The summed E-state index contributed by atoms with van der Waals surface area (Å²) in [7, 11) is 0. The Morgan fingerprint density at radius 3 is 2.52 bits per heavy atom. The van der Waals surface area contributed by atoms with Crippen molar-refractivity contribution in [3.05, 3.63) is 52.6 Å². The van der Waals surface area contributed by atoms with Crippen molar-refractivity contribution in [2.45, 2.75) is 52.3 Å². The number of ether oxygens (including phenoxy) is 1. The predicted molar refractivity (Wildman–Crippen MR) is 93.0 cm³/mol. The lowest BCUT2D eigenvalue weighted by atomic mass is 10.0. The first kappa shape index (κ1) is 19.3. The molecular weight excluding hydrogens is 359 g/mol. The van der Waals surface area contributed by atoms with Crippen molar-refractivity contribution in [2.24, 2.45) is 0 Å². The fraction of sp³-hybridized carbons (Fsp3) is 0.474. The summed E-state index contributed by atoms with van der Waals surface area (Å²) in [5.74, 6) is -0.370. The number of carbonyl (C=O) groups is 1. The summed E-state index contributed by atoms with van der Waals surface area (Å²) in [5, 5.41) is 4.07. The number of alkyl halides is 2. The number of aromatic nitrogens is 2. The molecule has 146 valence electrons. The van der Waals surface area contributed by atoms with E-state index in [1.54, 1.807) is 32.9 Å². The highest BCUT2D eigenvalue weighted by Gasteiger charge is 2.32. The number of rotatable bonds is 3. The number of fused-ring (bicyclic) bond motifs is 1. The molecule has 0 saturated carbocycles. The number of halogens is 3. The molecule has 1 amide bonds. The van der Waals surface area contributed by atoms with Crippen LogP contribution in [0.5, 0.6) is 0 Å². The highest BCUT2D eigenvalue weighted by atomic mass is 19.3. The molecule has 0 saturated heterocycles. The van der Waals surface area contributed by atoms with Gasteiger partial charge in [-0.05, 0) is 44.9 Å². The zero-order valence-electron chi connectivity index (χ0n) is 15.5. The van der Waals surface area contributed by atoms with E-state index >= 15 is 0 Å². The zero-order valence-corrected chi connectivity index (χ0v) is 15.5. The monoisotopic (exact) mass is 381 g/mol. The molecule has 0 radical (unpaired) electrons. The minimum atomic E-state index is -2.69. The van der Waals surface area contributed by atoms with Crippen LogP contribution in [0.15, 0.2) is 24.3 Å². The van der Waals surface area contributed by atoms with Crippen LogP contribution in [0.1, 0.15) is 49.7 Å². The summed E-state index contributed by atoms with van der Waals surface area (Å²) >= 11 is 0. The molecule has 5 nitrogen and oxygen atoms in total. The van der Waals surface area contributed by atoms with E-state index in [1.165, 1.54) is 21.7 Å². The van der Waals surface area contributed by atoms with E-state index in [-0.39, 0.29) is 31.0 Å². The second-order valence-corrected chi connectivity index (χ2v) is 7.55. The summed E-state index contributed by atoms with van der Waals surface area (Å²) in [6.45, 7) is 5.97. The Hall–Kier alpha value is -2.51. The smallest absolute Gasteiger partial charge is 0.410 e. The van der Waals surface area contributed by atoms with E-state index in [2.05, 4.69) is 5.10 Å². The van der Waals surface area contributed by atoms with Crippen molar-refractivity contribution in [3.63, 3.8) is 0 Å². The number of hydrogen-bond donors (Lipinski definition) is 0. The van der Waals surface area contributed by atoms with Gasteiger partial charge in [-0.25, -0.2) is 18.0 Å². The van der Waals surface area contributed by atoms with Crippen LogP contribution in [0.3, 0.4) is 0 Å². The van der Waals surface area contributed by atoms with Gasteiger partial charge in [0.1, 0.15) is 17.1 Å². The second kappa shape index (κ2) is 7.25. The summed E-state index contributed by atoms with van der Waals surface area (Å²) in [6, 6.07) is 5.79. The summed E-state index contributed by atoms with van der Waals surface area (Å²) < 4.78 is 46.8. The van der Waals surface area contributed by atoms with Crippen LogP contribution >= 0.6 is 0 Å². The third kappa shape index (κ3) is 4.43. The molecule has 0 bridgehead atoms. The highest BCUT2D eigenvalue weighted by molar-refractivity contribution is 5.68. The summed E-state index contributed by atoms with van der Waals surface area (Å²) in [4.78, 5) is 13.8. The minimum absolute atomic E-state index is 0.144. The molecule has 2 aromatic rings. The third-order valence-electron chi connectivity index (χ3n) is 4.27. The molecule has 0 spiro atoms. The number of carbonyl (C=O) groups excluding carboxylic acids is 1. The van der Waals surface area contributed by atoms with Gasteiger partial charge in [0.25, 0.3) is 6.43 Å². The number of benzene rings is 1. The third-order valence-corrected chi connectivity index (χ3v) is 4.27. The van der Waals surface area contributed by atoms with Crippen LogP contribution in [0.2, 0.25) is 0 Å². The van der Waals surface area contributed by atoms with Gasteiger partial charge in [0.15, 0.2) is 0 Å². The van der Waals surface area contributed by atoms with Gasteiger partial charge >= 0.3 is 6.09 Å². The average molecular weight is 381 g/mol. The van der Waals surface area contributed by atoms with Gasteiger partial charge in [0, 0.05) is 12.1 Å². The second-order valence-electron chi connectivity index (χ2n) is 7.55. The van der Waals surface area contributed by atoms with E-state index in [4.69, 9.17) is 4.74 Å². The topological polar surface area (TPSA) is 47.4 Å². The molecule has 1 aliphatic heterocycles. The van der Waals surface area contributed by atoms with Gasteiger partial charge in [-0.3, -0.25) is 4.68 Å². The molecule has 2 heterocycles. The minimum Gasteiger partial charge on any atom is -0.444 e. The van der Waals surface area contributed by atoms with E-state index < -0.39 is 18.1 Å². The van der Waals surface area contributed by atoms with Crippen LogP contribution in [-0.2, 0) is 24.2 Å². The molecule has 0 unspecified atom stereocenters. The largest absolute Gasteiger partial charge is 0.444 e. The summed E-state index contributed by atoms with van der Waals surface area (Å²) in [5.41, 5.74) is 0.881. The van der Waals surface area contributed by atoms with Crippen molar-refractivity contribution >= 4 is 6.09 Å². The van der Waals surface area contributed by atoms with Crippen LogP contribution in [0.4, 0.5) is 18.0 Å². The maximum Gasteiger partial charge on any atom is 0.410 e. The first-order chi connectivity index (χ1) is 12.6. The number of amides is 1. The summed E-state index contributed by atoms with van der Waals surface area (Å²) in [6.07, 6.45) is -2.89. The van der Waals surface area contributed by atoms with E-state index in [9.17, 15) is 18.0 Å². The number of hydrogen-bond acceptors (Lipinski definition) is 3. The molecular formula is C19H22F3N3O2. The fourth-order valence-electron chi connectivity index (χ4n) is 3.06. The lowest BCUT2D eigenvalue weighted by Crippen LogP contribution is -2.40.